The van der Waals surface area contributed by atoms with Crippen LogP contribution in [0.15, 0.2) is 0 Å². The van der Waals surface area contributed by atoms with E-state index in [-0.39, 0.29) is 11.8 Å². The first-order valence-corrected chi connectivity index (χ1v) is 6.74. The summed E-state index contributed by atoms with van der Waals surface area (Å²) in [6, 6.07) is 0.572. The number of nitrogens with one attached hydrogen (secondary N) is 1. The molecule has 1 rings (SSSR count). The number of nitrogens with two attached hydrogens (primary N) is 1. The molecule has 0 bridgehead atoms. The summed E-state index contributed by atoms with van der Waals surface area (Å²) in [4.78, 5) is 13.4. The van der Waals surface area contributed by atoms with E-state index in [1.165, 1.54) is 12.8 Å². The Kier molecular flexibility index (Phi) is 5.92. The van der Waals surface area contributed by atoms with Gasteiger partial charge in [0.2, 0.25) is 5.91 Å². The van der Waals surface area contributed by atoms with Crippen LogP contribution in [-0.2, 0) is 4.79 Å². The van der Waals surface area contributed by atoms with Crippen molar-refractivity contribution < 1.29 is 4.79 Å². The second-order valence-electron chi connectivity index (χ2n) is 5.61. The van der Waals surface area contributed by atoms with Gasteiger partial charge in [-0.2, -0.15) is 0 Å². The molecule has 1 heterocycles. The number of carbonyl (C=O) groups is 1. The fourth-order valence-electron chi connectivity index (χ4n) is 2.25. The van der Waals surface area contributed by atoms with Crippen molar-refractivity contribution in [1.29, 1.82) is 0 Å². The molecule has 3 N–H and O–H groups in total. The summed E-state index contributed by atoms with van der Waals surface area (Å²) in [7, 11) is 0. The molecule has 0 aliphatic carbocycles. The molecule has 1 amide bonds. The van der Waals surface area contributed by atoms with Crippen LogP contribution < -0.4 is 11.1 Å². The summed E-state index contributed by atoms with van der Waals surface area (Å²) in [6.07, 6.45) is 2.45. The molecule has 4 nitrogen and oxygen atoms in total. The summed E-state index contributed by atoms with van der Waals surface area (Å²) in [5, 5.41) is 3.50. The van der Waals surface area contributed by atoms with Crippen molar-refractivity contribution in [2.75, 3.05) is 26.2 Å². The van der Waals surface area contributed by atoms with Crippen LogP contribution in [-0.4, -0.2) is 43.0 Å². The first-order chi connectivity index (χ1) is 7.99. The lowest BCUT2D eigenvalue weighted by Gasteiger charge is -2.33. The van der Waals surface area contributed by atoms with Crippen LogP contribution in [0.2, 0.25) is 0 Å². The van der Waals surface area contributed by atoms with Crippen molar-refractivity contribution in [3.8, 4) is 0 Å². The molecule has 1 unspecified atom stereocenters. The van der Waals surface area contributed by atoms with Gasteiger partial charge in [0.1, 0.15) is 0 Å². The largest absolute Gasteiger partial charge is 0.369 e. The zero-order chi connectivity index (χ0) is 12.8. The first-order valence-electron chi connectivity index (χ1n) is 6.74. The predicted molar refractivity (Wildman–Crippen MR) is 70.7 cm³/mol. The normalized spacial score (nSPS) is 20.7. The molecule has 4 heteroatoms. The number of hydrogen-bond acceptors (Lipinski definition) is 3. The summed E-state index contributed by atoms with van der Waals surface area (Å²) in [5.41, 5.74) is 5.29. The van der Waals surface area contributed by atoms with E-state index in [9.17, 15) is 4.79 Å². The number of carbonyl (C=O) groups excluding carboxylic acids is 1. The number of primary amides is 1. The van der Waals surface area contributed by atoms with E-state index in [4.69, 9.17) is 5.73 Å². The number of amides is 1. The van der Waals surface area contributed by atoms with E-state index < -0.39 is 0 Å². The molecule has 0 spiro atoms. The fourth-order valence-corrected chi connectivity index (χ4v) is 2.25. The van der Waals surface area contributed by atoms with Crippen LogP contribution in [0.1, 0.15) is 33.6 Å². The quantitative estimate of drug-likeness (QED) is 0.724. The summed E-state index contributed by atoms with van der Waals surface area (Å²) >= 11 is 0. The highest BCUT2D eigenvalue weighted by Crippen LogP contribution is 2.17. The second-order valence-corrected chi connectivity index (χ2v) is 5.61. The summed E-state index contributed by atoms with van der Waals surface area (Å²) in [6.45, 7) is 10.4. The molecule has 0 aromatic carbocycles. The average Bonchev–Trinajstić information content (AvgIpc) is 2.28. The minimum Gasteiger partial charge on any atom is -0.369 e. The van der Waals surface area contributed by atoms with Gasteiger partial charge in [0.15, 0.2) is 0 Å². The highest BCUT2D eigenvalue weighted by atomic mass is 16.1. The molecule has 0 aromatic heterocycles. The van der Waals surface area contributed by atoms with Crippen molar-refractivity contribution in [2.24, 2.45) is 17.6 Å². The zero-order valence-corrected chi connectivity index (χ0v) is 11.4. The Labute approximate surface area is 105 Å². The lowest BCUT2D eigenvalue weighted by Crippen LogP contribution is -2.42. The van der Waals surface area contributed by atoms with Crippen molar-refractivity contribution in [2.45, 2.75) is 39.7 Å². The average molecular weight is 241 g/mol. The van der Waals surface area contributed by atoms with Gasteiger partial charge in [-0.25, -0.2) is 0 Å². The number of nitrogens with zero attached hydrogens (tertiary/aromatic N) is 1. The van der Waals surface area contributed by atoms with Gasteiger partial charge in [0, 0.05) is 18.5 Å². The number of hydrogen-bond donors (Lipinski definition) is 2. The van der Waals surface area contributed by atoms with Crippen molar-refractivity contribution in [3.05, 3.63) is 0 Å². The SMILES string of the molecule is CC(C)NCC1CCN(CC(C)C(N)=O)CC1. The molecule has 0 radical (unpaired) electrons. The van der Waals surface area contributed by atoms with Crippen LogP contribution in [0.25, 0.3) is 0 Å². The summed E-state index contributed by atoms with van der Waals surface area (Å²) < 4.78 is 0. The van der Waals surface area contributed by atoms with Crippen molar-refractivity contribution in [1.82, 2.24) is 10.2 Å². The Morgan fingerprint density at radius 1 is 1.35 bits per heavy atom. The molecule has 1 atom stereocenters. The first kappa shape index (κ1) is 14.5. The van der Waals surface area contributed by atoms with Crippen LogP contribution >= 0.6 is 0 Å². The highest BCUT2D eigenvalue weighted by molar-refractivity contribution is 5.76. The standard InChI is InChI=1S/C13H27N3O/c1-10(2)15-8-12-4-6-16(7-5-12)9-11(3)13(14)17/h10-12,15H,4-9H2,1-3H3,(H2,14,17). The van der Waals surface area contributed by atoms with Gasteiger partial charge in [-0.15, -0.1) is 0 Å². The van der Waals surface area contributed by atoms with E-state index in [1.807, 2.05) is 6.92 Å². The molecular formula is C13H27N3O. The number of likely N-dealkylation sites (tertiary alicyclic amines) is 1. The summed E-state index contributed by atoms with van der Waals surface area (Å²) in [5.74, 6) is 0.575. The second kappa shape index (κ2) is 6.97. The fraction of sp³-hybridized carbons (Fsp3) is 0.923. The third kappa shape index (κ3) is 5.50. The maximum absolute atomic E-state index is 11.0. The maximum Gasteiger partial charge on any atom is 0.221 e. The Morgan fingerprint density at radius 2 is 1.94 bits per heavy atom. The van der Waals surface area contributed by atoms with Gasteiger partial charge in [-0.1, -0.05) is 20.8 Å². The van der Waals surface area contributed by atoms with E-state index >= 15 is 0 Å². The number of piperidine rings is 1. The predicted octanol–water partition coefficient (Wildman–Crippen LogP) is 0.818. The highest BCUT2D eigenvalue weighted by Gasteiger charge is 2.21. The molecule has 1 saturated heterocycles. The Bertz CT molecular complexity index is 235. The van der Waals surface area contributed by atoms with Gasteiger partial charge in [0.25, 0.3) is 0 Å². The number of rotatable bonds is 6. The minimum atomic E-state index is -0.186. The third-order valence-electron chi connectivity index (χ3n) is 3.54. The molecule has 100 valence electrons. The zero-order valence-electron chi connectivity index (χ0n) is 11.4. The molecule has 1 aliphatic heterocycles. The van der Waals surface area contributed by atoms with Gasteiger partial charge in [-0.05, 0) is 38.4 Å². The van der Waals surface area contributed by atoms with E-state index in [2.05, 4.69) is 24.1 Å². The smallest absolute Gasteiger partial charge is 0.221 e. The van der Waals surface area contributed by atoms with E-state index in [1.54, 1.807) is 0 Å². The molecule has 1 aliphatic rings. The maximum atomic E-state index is 11.0. The molecule has 0 saturated carbocycles. The Morgan fingerprint density at radius 3 is 2.41 bits per heavy atom. The van der Waals surface area contributed by atoms with Gasteiger partial charge < -0.3 is 16.0 Å². The Balaban J connectivity index is 2.19. The van der Waals surface area contributed by atoms with Gasteiger partial charge in [0.05, 0.1) is 0 Å². The van der Waals surface area contributed by atoms with Crippen LogP contribution in [0, 0.1) is 11.8 Å². The molecule has 1 fully saturated rings. The van der Waals surface area contributed by atoms with Crippen LogP contribution in [0.5, 0.6) is 0 Å². The molecule has 0 aromatic rings. The van der Waals surface area contributed by atoms with Crippen molar-refractivity contribution in [3.63, 3.8) is 0 Å². The lowest BCUT2D eigenvalue weighted by atomic mass is 9.95. The van der Waals surface area contributed by atoms with Gasteiger partial charge in [-0.3, -0.25) is 4.79 Å². The van der Waals surface area contributed by atoms with Gasteiger partial charge >= 0.3 is 0 Å². The van der Waals surface area contributed by atoms with Crippen molar-refractivity contribution >= 4 is 5.91 Å². The topological polar surface area (TPSA) is 58.4 Å². The van der Waals surface area contributed by atoms with E-state index in [0.29, 0.717) is 6.04 Å². The molecular weight excluding hydrogens is 214 g/mol. The lowest BCUT2D eigenvalue weighted by molar-refractivity contribution is -0.121. The minimum absolute atomic E-state index is 0.0275. The monoisotopic (exact) mass is 241 g/mol. The Hall–Kier alpha value is -0.610. The van der Waals surface area contributed by atoms with Crippen LogP contribution in [0.3, 0.4) is 0 Å². The van der Waals surface area contributed by atoms with E-state index in [0.717, 1.165) is 32.1 Å². The third-order valence-corrected chi connectivity index (χ3v) is 3.54. The van der Waals surface area contributed by atoms with Crippen LogP contribution in [0.4, 0.5) is 0 Å². The molecule has 17 heavy (non-hydrogen) atoms.